The summed E-state index contributed by atoms with van der Waals surface area (Å²) in [5, 5.41) is 4.75. The molecule has 0 aliphatic rings. The number of aromatic amines is 1. The van der Waals surface area contributed by atoms with Crippen LogP contribution >= 0.6 is 11.6 Å². The molecule has 104 valence electrons. The fourth-order valence-electron chi connectivity index (χ4n) is 2.07. The summed E-state index contributed by atoms with van der Waals surface area (Å²) in [5.74, 6) is -0.258. The lowest BCUT2D eigenvalue weighted by molar-refractivity contribution is 0.0955. The standard InChI is InChI=1S/C15H16ClN3O/c1-9-8-17-10(2)14(9)11(3)18-19-15(20)12-4-6-13(16)7-5-12/h4-8,17H,1-3H3,(H,19,20)/b18-11+. The summed E-state index contributed by atoms with van der Waals surface area (Å²) >= 11 is 5.78. The first-order valence-electron chi connectivity index (χ1n) is 6.24. The van der Waals surface area contributed by atoms with Crippen LogP contribution in [0, 0.1) is 13.8 Å². The minimum absolute atomic E-state index is 0.258. The van der Waals surface area contributed by atoms with Crippen LogP contribution in [0.2, 0.25) is 5.02 Å². The number of hydrogen-bond donors (Lipinski definition) is 2. The van der Waals surface area contributed by atoms with Crippen LogP contribution in [-0.2, 0) is 0 Å². The van der Waals surface area contributed by atoms with Gasteiger partial charge < -0.3 is 4.98 Å². The third kappa shape index (κ3) is 3.08. The van der Waals surface area contributed by atoms with Crippen LogP contribution in [0.5, 0.6) is 0 Å². The fourth-order valence-corrected chi connectivity index (χ4v) is 2.20. The molecule has 4 nitrogen and oxygen atoms in total. The van der Waals surface area contributed by atoms with Crippen molar-refractivity contribution in [2.24, 2.45) is 5.10 Å². The number of amides is 1. The van der Waals surface area contributed by atoms with Gasteiger partial charge in [-0.25, -0.2) is 5.43 Å². The van der Waals surface area contributed by atoms with Gasteiger partial charge in [-0.3, -0.25) is 4.79 Å². The van der Waals surface area contributed by atoms with Gasteiger partial charge in [0, 0.05) is 28.0 Å². The van der Waals surface area contributed by atoms with Gasteiger partial charge in [0.05, 0.1) is 5.71 Å². The van der Waals surface area contributed by atoms with Crippen LogP contribution in [0.3, 0.4) is 0 Å². The smallest absolute Gasteiger partial charge is 0.271 e. The molecular formula is C15H16ClN3O. The van der Waals surface area contributed by atoms with Crippen LogP contribution in [0.4, 0.5) is 0 Å². The Morgan fingerprint density at radius 2 is 1.90 bits per heavy atom. The summed E-state index contributed by atoms with van der Waals surface area (Å²) in [7, 11) is 0. The zero-order chi connectivity index (χ0) is 14.7. The van der Waals surface area contributed by atoms with Crippen molar-refractivity contribution in [2.45, 2.75) is 20.8 Å². The lowest BCUT2D eigenvalue weighted by Crippen LogP contribution is -2.19. The number of nitrogens with one attached hydrogen (secondary N) is 2. The molecule has 0 saturated carbocycles. The molecule has 0 saturated heterocycles. The number of nitrogens with zero attached hydrogens (tertiary/aromatic N) is 1. The number of carbonyl (C=O) groups is 1. The first kappa shape index (κ1) is 14.3. The highest BCUT2D eigenvalue weighted by Gasteiger charge is 2.09. The number of hydrazone groups is 1. The quantitative estimate of drug-likeness (QED) is 0.660. The third-order valence-electron chi connectivity index (χ3n) is 3.07. The largest absolute Gasteiger partial charge is 0.364 e. The minimum atomic E-state index is -0.258. The maximum absolute atomic E-state index is 11.9. The molecule has 2 aromatic rings. The third-order valence-corrected chi connectivity index (χ3v) is 3.32. The van der Waals surface area contributed by atoms with Gasteiger partial charge in [-0.15, -0.1) is 0 Å². The van der Waals surface area contributed by atoms with E-state index in [1.165, 1.54) is 0 Å². The molecule has 20 heavy (non-hydrogen) atoms. The van der Waals surface area contributed by atoms with E-state index in [-0.39, 0.29) is 5.91 Å². The fraction of sp³-hybridized carbons (Fsp3) is 0.200. The Bertz CT molecular complexity index is 637. The van der Waals surface area contributed by atoms with Crippen molar-refractivity contribution in [2.75, 3.05) is 0 Å². The molecule has 1 aromatic carbocycles. The van der Waals surface area contributed by atoms with E-state index >= 15 is 0 Å². The van der Waals surface area contributed by atoms with E-state index in [1.807, 2.05) is 27.0 Å². The Hall–Kier alpha value is -2.07. The molecule has 0 fully saturated rings. The summed E-state index contributed by atoms with van der Waals surface area (Å²) in [6.45, 7) is 5.84. The lowest BCUT2D eigenvalue weighted by atomic mass is 10.1. The zero-order valence-corrected chi connectivity index (χ0v) is 12.4. The summed E-state index contributed by atoms with van der Waals surface area (Å²) in [4.78, 5) is 15.1. The molecule has 2 N–H and O–H groups in total. The maximum atomic E-state index is 11.9. The molecule has 5 heteroatoms. The van der Waals surface area contributed by atoms with E-state index in [1.54, 1.807) is 24.3 Å². The van der Waals surface area contributed by atoms with Crippen molar-refractivity contribution >= 4 is 23.2 Å². The monoisotopic (exact) mass is 289 g/mol. The maximum Gasteiger partial charge on any atom is 0.271 e. The summed E-state index contributed by atoms with van der Waals surface area (Å²) in [6, 6.07) is 6.67. The van der Waals surface area contributed by atoms with E-state index in [4.69, 9.17) is 11.6 Å². The van der Waals surface area contributed by atoms with Crippen molar-refractivity contribution in [3.8, 4) is 0 Å². The Labute approximate surface area is 122 Å². The molecule has 1 heterocycles. The average molecular weight is 290 g/mol. The van der Waals surface area contributed by atoms with Gasteiger partial charge in [0.25, 0.3) is 5.91 Å². The minimum Gasteiger partial charge on any atom is -0.364 e. The number of halogens is 1. The summed E-state index contributed by atoms with van der Waals surface area (Å²) in [6.07, 6.45) is 1.92. The second-order valence-electron chi connectivity index (χ2n) is 4.62. The van der Waals surface area contributed by atoms with Gasteiger partial charge in [0.15, 0.2) is 0 Å². The molecular weight excluding hydrogens is 274 g/mol. The molecule has 1 aromatic heterocycles. The highest BCUT2D eigenvalue weighted by molar-refractivity contribution is 6.30. The average Bonchev–Trinajstić information content (AvgIpc) is 2.76. The summed E-state index contributed by atoms with van der Waals surface area (Å²) in [5.41, 5.74) is 7.00. The Morgan fingerprint density at radius 3 is 2.45 bits per heavy atom. The van der Waals surface area contributed by atoms with Gasteiger partial charge in [-0.2, -0.15) is 5.10 Å². The van der Waals surface area contributed by atoms with Crippen molar-refractivity contribution in [3.05, 3.63) is 57.9 Å². The predicted octanol–water partition coefficient (Wildman–Crippen LogP) is 3.44. The predicted molar refractivity (Wildman–Crippen MR) is 81.4 cm³/mol. The number of H-pyrrole nitrogens is 1. The van der Waals surface area contributed by atoms with E-state index in [9.17, 15) is 4.79 Å². The molecule has 2 rings (SSSR count). The number of rotatable bonds is 3. The highest BCUT2D eigenvalue weighted by atomic mass is 35.5. The number of carbonyl (C=O) groups excluding carboxylic acids is 1. The normalized spacial score (nSPS) is 11.5. The van der Waals surface area contributed by atoms with Crippen molar-refractivity contribution in [1.82, 2.24) is 10.4 Å². The molecule has 1 amide bonds. The molecule has 0 aliphatic carbocycles. The Balaban J connectivity index is 2.13. The number of benzene rings is 1. The van der Waals surface area contributed by atoms with Gasteiger partial charge >= 0.3 is 0 Å². The second kappa shape index (κ2) is 5.92. The van der Waals surface area contributed by atoms with Gasteiger partial charge in [-0.1, -0.05) is 11.6 Å². The number of hydrogen-bond acceptors (Lipinski definition) is 2. The molecule has 0 radical (unpaired) electrons. The van der Waals surface area contributed by atoms with E-state index in [0.29, 0.717) is 10.6 Å². The first-order valence-corrected chi connectivity index (χ1v) is 6.62. The summed E-state index contributed by atoms with van der Waals surface area (Å²) < 4.78 is 0. The molecule has 0 atom stereocenters. The van der Waals surface area contributed by atoms with E-state index < -0.39 is 0 Å². The number of aryl methyl sites for hydroxylation is 2. The Morgan fingerprint density at radius 1 is 1.25 bits per heavy atom. The molecule has 0 bridgehead atoms. The van der Waals surface area contributed by atoms with Crippen molar-refractivity contribution in [3.63, 3.8) is 0 Å². The van der Waals surface area contributed by atoms with Gasteiger partial charge in [0.2, 0.25) is 0 Å². The topological polar surface area (TPSA) is 57.2 Å². The van der Waals surface area contributed by atoms with Crippen LogP contribution in [-0.4, -0.2) is 16.6 Å². The van der Waals surface area contributed by atoms with Crippen molar-refractivity contribution < 1.29 is 4.79 Å². The molecule has 0 spiro atoms. The first-order chi connectivity index (χ1) is 9.49. The lowest BCUT2D eigenvalue weighted by Gasteiger charge is -2.04. The van der Waals surface area contributed by atoms with Gasteiger partial charge in [-0.05, 0) is 50.6 Å². The van der Waals surface area contributed by atoms with Crippen LogP contribution < -0.4 is 5.43 Å². The van der Waals surface area contributed by atoms with Crippen molar-refractivity contribution in [1.29, 1.82) is 0 Å². The van der Waals surface area contributed by atoms with Crippen LogP contribution in [0.15, 0.2) is 35.6 Å². The zero-order valence-electron chi connectivity index (χ0n) is 11.6. The van der Waals surface area contributed by atoms with Gasteiger partial charge in [0.1, 0.15) is 0 Å². The molecule has 0 unspecified atom stereocenters. The van der Waals surface area contributed by atoms with Crippen LogP contribution in [0.1, 0.15) is 34.1 Å². The highest BCUT2D eigenvalue weighted by Crippen LogP contribution is 2.13. The van der Waals surface area contributed by atoms with E-state index in [2.05, 4.69) is 15.5 Å². The SMILES string of the molecule is C/C(=N\NC(=O)c1ccc(Cl)cc1)c1c(C)c[nH]c1C. The molecule has 0 aliphatic heterocycles. The number of aromatic nitrogens is 1. The van der Waals surface area contributed by atoms with E-state index in [0.717, 1.165) is 22.5 Å². The Kier molecular flexibility index (Phi) is 4.25. The van der Waals surface area contributed by atoms with Crippen LogP contribution in [0.25, 0.3) is 0 Å². The second-order valence-corrected chi connectivity index (χ2v) is 5.05.